The Morgan fingerprint density at radius 1 is 1.15 bits per heavy atom. The minimum absolute atomic E-state index is 0. The molecule has 0 aromatic rings. The van der Waals surface area contributed by atoms with Crippen LogP contribution in [0.2, 0.25) is 0 Å². The SMILES string of the molecule is CN=C(NCC1(O)CCSC1)N1CCN(CC(=O)N2CCCC2)CC1.I. The highest BCUT2D eigenvalue weighted by molar-refractivity contribution is 14.0. The van der Waals surface area contributed by atoms with Gasteiger partial charge in [0, 0.05) is 58.6 Å². The van der Waals surface area contributed by atoms with E-state index in [0.717, 1.165) is 76.0 Å². The zero-order chi connectivity index (χ0) is 17.7. The molecule has 3 rings (SSSR count). The number of aliphatic imine (C=N–C) groups is 1. The molecule has 2 N–H and O–H groups in total. The quantitative estimate of drug-likeness (QED) is 0.331. The van der Waals surface area contributed by atoms with E-state index < -0.39 is 5.60 Å². The molecule has 3 aliphatic rings. The first-order chi connectivity index (χ1) is 12.1. The largest absolute Gasteiger partial charge is 0.387 e. The number of guanidine groups is 1. The van der Waals surface area contributed by atoms with E-state index in [4.69, 9.17) is 0 Å². The van der Waals surface area contributed by atoms with Gasteiger partial charge in [-0.05, 0) is 25.0 Å². The third-order valence-corrected chi connectivity index (χ3v) is 6.59. The third kappa shape index (κ3) is 5.87. The van der Waals surface area contributed by atoms with Crippen LogP contribution in [0.1, 0.15) is 19.3 Å². The van der Waals surface area contributed by atoms with Gasteiger partial charge in [0.25, 0.3) is 0 Å². The van der Waals surface area contributed by atoms with Crippen molar-refractivity contribution < 1.29 is 9.90 Å². The van der Waals surface area contributed by atoms with Crippen LogP contribution >= 0.6 is 35.7 Å². The van der Waals surface area contributed by atoms with Gasteiger partial charge in [0.05, 0.1) is 12.1 Å². The minimum atomic E-state index is -0.607. The van der Waals surface area contributed by atoms with Crippen molar-refractivity contribution in [2.24, 2.45) is 4.99 Å². The molecule has 3 fully saturated rings. The predicted molar refractivity (Wildman–Crippen MR) is 117 cm³/mol. The summed E-state index contributed by atoms with van der Waals surface area (Å²) < 4.78 is 0. The number of rotatable bonds is 4. The molecule has 0 aromatic carbocycles. The fourth-order valence-corrected chi connectivity index (χ4v) is 4.98. The molecule has 0 radical (unpaired) electrons. The lowest BCUT2D eigenvalue weighted by atomic mass is 10.0. The minimum Gasteiger partial charge on any atom is -0.387 e. The van der Waals surface area contributed by atoms with Crippen LogP contribution in [0.15, 0.2) is 4.99 Å². The molecule has 0 aliphatic carbocycles. The van der Waals surface area contributed by atoms with E-state index in [2.05, 4.69) is 20.1 Å². The second-order valence-corrected chi connectivity index (χ2v) is 8.38. The van der Waals surface area contributed by atoms with Gasteiger partial charge in [-0.15, -0.1) is 24.0 Å². The first-order valence-corrected chi connectivity index (χ1v) is 10.5. The summed E-state index contributed by atoms with van der Waals surface area (Å²) in [6.45, 7) is 6.42. The van der Waals surface area contributed by atoms with Gasteiger partial charge in [0.1, 0.15) is 0 Å². The summed E-state index contributed by atoms with van der Waals surface area (Å²) in [6.07, 6.45) is 3.13. The van der Waals surface area contributed by atoms with Crippen LogP contribution in [0.3, 0.4) is 0 Å². The summed E-state index contributed by atoms with van der Waals surface area (Å²) >= 11 is 1.81. The van der Waals surface area contributed by atoms with Gasteiger partial charge in [-0.1, -0.05) is 0 Å². The van der Waals surface area contributed by atoms with Gasteiger partial charge in [0.2, 0.25) is 5.91 Å². The van der Waals surface area contributed by atoms with Crippen LogP contribution in [-0.4, -0.2) is 108 Å². The number of piperazine rings is 1. The van der Waals surface area contributed by atoms with Gasteiger partial charge >= 0.3 is 0 Å². The maximum absolute atomic E-state index is 12.3. The Morgan fingerprint density at radius 2 is 1.85 bits per heavy atom. The molecule has 3 saturated heterocycles. The topological polar surface area (TPSA) is 71.4 Å². The van der Waals surface area contributed by atoms with Crippen molar-refractivity contribution in [3.05, 3.63) is 0 Å². The van der Waals surface area contributed by atoms with Crippen molar-refractivity contribution in [1.29, 1.82) is 0 Å². The van der Waals surface area contributed by atoms with Crippen molar-refractivity contribution in [3.63, 3.8) is 0 Å². The Bertz CT molecular complexity index is 488. The highest BCUT2D eigenvalue weighted by atomic mass is 127. The number of amides is 1. The average Bonchev–Trinajstić information content (AvgIpc) is 3.29. The second-order valence-electron chi connectivity index (χ2n) is 7.28. The Morgan fingerprint density at radius 3 is 2.42 bits per heavy atom. The summed E-state index contributed by atoms with van der Waals surface area (Å²) in [5, 5.41) is 13.8. The molecule has 150 valence electrons. The van der Waals surface area contributed by atoms with Gasteiger partial charge in [-0.25, -0.2) is 0 Å². The molecule has 9 heteroatoms. The summed E-state index contributed by atoms with van der Waals surface area (Å²) in [6, 6.07) is 0. The monoisotopic (exact) mass is 497 g/mol. The smallest absolute Gasteiger partial charge is 0.236 e. The number of aliphatic hydroxyl groups is 1. The zero-order valence-electron chi connectivity index (χ0n) is 15.7. The number of carbonyl (C=O) groups excluding carboxylic acids is 1. The van der Waals surface area contributed by atoms with Crippen molar-refractivity contribution in [2.45, 2.75) is 24.9 Å². The summed E-state index contributed by atoms with van der Waals surface area (Å²) in [4.78, 5) is 23.1. The van der Waals surface area contributed by atoms with Gasteiger partial charge in [-0.3, -0.25) is 14.7 Å². The first kappa shape index (κ1) is 22.0. The molecule has 0 saturated carbocycles. The number of hydrogen-bond acceptors (Lipinski definition) is 5. The van der Waals surface area contributed by atoms with Crippen molar-refractivity contribution in [1.82, 2.24) is 20.0 Å². The maximum atomic E-state index is 12.3. The number of likely N-dealkylation sites (tertiary alicyclic amines) is 1. The maximum Gasteiger partial charge on any atom is 0.236 e. The third-order valence-electron chi connectivity index (χ3n) is 5.36. The standard InChI is InChI=1S/C17H31N5O2S.HI/c1-18-16(19-13-17(24)4-11-25-14-17)22-9-7-20(8-10-22)12-15(23)21-5-2-3-6-21;/h24H,2-14H2,1H3,(H,18,19);1H. The van der Waals surface area contributed by atoms with Crippen LogP contribution in [0, 0.1) is 0 Å². The number of carbonyl (C=O) groups is 1. The van der Waals surface area contributed by atoms with Crippen LogP contribution in [0.4, 0.5) is 0 Å². The van der Waals surface area contributed by atoms with E-state index in [1.807, 2.05) is 4.90 Å². The Labute approximate surface area is 178 Å². The number of nitrogens with zero attached hydrogens (tertiary/aromatic N) is 4. The molecule has 1 unspecified atom stereocenters. The Hall–Kier alpha value is -0.260. The van der Waals surface area contributed by atoms with E-state index in [9.17, 15) is 9.90 Å². The van der Waals surface area contributed by atoms with E-state index in [0.29, 0.717) is 13.1 Å². The lowest BCUT2D eigenvalue weighted by molar-refractivity contribution is -0.131. The molecule has 1 atom stereocenters. The van der Waals surface area contributed by atoms with E-state index >= 15 is 0 Å². The van der Waals surface area contributed by atoms with E-state index in [1.165, 1.54) is 0 Å². The van der Waals surface area contributed by atoms with Crippen LogP contribution in [0.25, 0.3) is 0 Å². The van der Waals surface area contributed by atoms with E-state index in [1.54, 1.807) is 18.8 Å². The number of hydrogen-bond donors (Lipinski definition) is 2. The molecule has 3 heterocycles. The van der Waals surface area contributed by atoms with Crippen molar-refractivity contribution >= 4 is 47.6 Å². The number of nitrogens with one attached hydrogen (secondary N) is 1. The van der Waals surface area contributed by atoms with Gasteiger partial charge in [0.15, 0.2) is 5.96 Å². The zero-order valence-corrected chi connectivity index (χ0v) is 18.8. The molecule has 0 bridgehead atoms. The van der Waals surface area contributed by atoms with Crippen LogP contribution < -0.4 is 5.32 Å². The Kier molecular flexibility index (Phi) is 8.75. The highest BCUT2D eigenvalue weighted by Gasteiger charge is 2.32. The molecule has 7 nitrogen and oxygen atoms in total. The lowest BCUT2D eigenvalue weighted by Gasteiger charge is -2.37. The normalized spacial score (nSPS) is 27.5. The Balaban J connectivity index is 0.00000243. The number of halogens is 1. The first-order valence-electron chi connectivity index (χ1n) is 9.35. The van der Waals surface area contributed by atoms with Crippen LogP contribution in [-0.2, 0) is 4.79 Å². The van der Waals surface area contributed by atoms with Gasteiger partial charge < -0.3 is 20.2 Å². The fourth-order valence-electron chi connectivity index (χ4n) is 3.69. The average molecular weight is 497 g/mol. The second kappa shape index (κ2) is 10.3. The fraction of sp³-hybridized carbons (Fsp3) is 0.882. The van der Waals surface area contributed by atoms with E-state index in [-0.39, 0.29) is 29.9 Å². The molecule has 0 aromatic heterocycles. The molecule has 0 spiro atoms. The van der Waals surface area contributed by atoms with Gasteiger partial charge in [-0.2, -0.15) is 11.8 Å². The number of thioether (sulfide) groups is 1. The molecule has 26 heavy (non-hydrogen) atoms. The lowest BCUT2D eigenvalue weighted by Crippen LogP contribution is -2.55. The summed E-state index contributed by atoms with van der Waals surface area (Å²) in [5.74, 6) is 2.95. The predicted octanol–water partition coefficient (Wildman–Crippen LogP) is 0.288. The summed E-state index contributed by atoms with van der Waals surface area (Å²) in [5.41, 5.74) is -0.607. The molecule has 3 aliphatic heterocycles. The van der Waals surface area contributed by atoms with Crippen molar-refractivity contribution in [3.8, 4) is 0 Å². The molecule has 1 amide bonds. The van der Waals surface area contributed by atoms with Crippen molar-refractivity contribution in [2.75, 3.05) is 70.9 Å². The highest BCUT2D eigenvalue weighted by Crippen LogP contribution is 2.27. The van der Waals surface area contributed by atoms with Crippen LogP contribution in [0.5, 0.6) is 0 Å². The molecular formula is C17H32IN5O2S. The summed E-state index contributed by atoms with van der Waals surface area (Å²) in [7, 11) is 1.79. The molecular weight excluding hydrogens is 465 g/mol.